The standard InChI is InChI=1S/C20H29N3O/c1-5-18(23(4)10-8-6-7-9-11-23)20(24)22-19-15(2)12-17(14-21)13-16(19)3/h12-13,18H,5-11H2,1-4H3/p+1. The van der Waals surface area contributed by atoms with Crippen molar-refractivity contribution in [1.82, 2.24) is 0 Å². The summed E-state index contributed by atoms with van der Waals surface area (Å²) in [6.07, 6.45) is 5.81. The summed E-state index contributed by atoms with van der Waals surface area (Å²) in [7, 11) is 2.23. The minimum absolute atomic E-state index is 0.0162. The Hall–Kier alpha value is -1.86. The van der Waals surface area contributed by atoms with Gasteiger partial charge in [-0.3, -0.25) is 4.79 Å². The van der Waals surface area contributed by atoms with Crippen LogP contribution >= 0.6 is 0 Å². The monoisotopic (exact) mass is 328 g/mol. The van der Waals surface area contributed by atoms with Crippen molar-refractivity contribution in [3.63, 3.8) is 0 Å². The first kappa shape index (κ1) is 18.5. The number of nitrogens with zero attached hydrogens (tertiary/aromatic N) is 2. The van der Waals surface area contributed by atoms with Gasteiger partial charge in [0.2, 0.25) is 0 Å². The van der Waals surface area contributed by atoms with Crippen molar-refractivity contribution >= 4 is 11.6 Å². The molecule has 4 heteroatoms. The lowest BCUT2D eigenvalue weighted by Gasteiger charge is -2.39. The average molecular weight is 328 g/mol. The van der Waals surface area contributed by atoms with E-state index in [1.807, 2.05) is 26.0 Å². The first-order valence-corrected chi connectivity index (χ1v) is 9.07. The molecule has 130 valence electrons. The van der Waals surface area contributed by atoms with Crippen LogP contribution in [0.3, 0.4) is 0 Å². The lowest BCUT2D eigenvalue weighted by molar-refractivity contribution is -0.923. The summed E-state index contributed by atoms with van der Waals surface area (Å²) in [6, 6.07) is 5.83. The normalized spacial score (nSPS) is 18.3. The van der Waals surface area contributed by atoms with E-state index in [2.05, 4.69) is 25.4 Å². The quantitative estimate of drug-likeness (QED) is 0.852. The van der Waals surface area contributed by atoms with Gasteiger partial charge in [-0.15, -0.1) is 0 Å². The van der Waals surface area contributed by atoms with Crippen LogP contribution in [-0.4, -0.2) is 36.6 Å². The molecule has 24 heavy (non-hydrogen) atoms. The Morgan fingerprint density at radius 2 is 1.75 bits per heavy atom. The number of hydrogen-bond acceptors (Lipinski definition) is 2. The number of quaternary nitrogens is 1. The molecule has 0 aromatic heterocycles. The predicted molar refractivity (Wildman–Crippen MR) is 97.7 cm³/mol. The van der Waals surface area contributed by atoms with Gasteiger partial charge in [-0.1, -0.05) is 6.92 Å². The molecule has 1 atom stereocenters. The topological polar surface area (TPSA) is 52.9 Å². The van der Waals surface area contributed by atoms with Gasteiger partial charge in [0.05, 0.1) is 31.8 Å². The zero-order valence-corrected chi connectivity index (χ0v) is 15.5. The maximum Gasteiger partial charge on any atom is 0.282 e. The number of carbonyl (C=O) groups is 1. The number of anilines is 1. The van der Waals surface area contributed by atoms with Crippen molar-refractivity contribution in [2.75, 3.05) is 25.5 Å². The van der Waals surface area contributed by atoms with Crippen molar-refractivity contribution in [3.8, 4) is 6.07 Å². The first-order valence-electron chi connectivity index (χ1n) is 9.07. The molecular formula is C20H30N3O+. The second kappa shape index (κ2) is 7.81. The summed E-state index contributed by atoms with van der Waals surface area (Å²) in [4.78, 5) is 13.0. The van der Waals surface area contributed by atoms with Crippen molar-refractivity contribution in [2.45, 2.75) is 58.9 Å². The maximum absolute atomic E-state index is 13.0. The highest BCUT2D eigenvalue weighted by molar-refractivity contribution is 5.95. The molecule has 0 aliphatic carbocycles. The highest BCUT2D eigenvalue weighted by atomic mass is 16.2. The zero-order valence-electron chi connectivity index (χ0n) is 15.5. The van der Waals surface area contributed by atoms with E-state index in [1.165, 1.54) is 25.7 Å². The Morgan fingerprint density at radius 1 is 1.21 bits per heavy atom. The van der Waals surface area contributed by atoms with Crippen molar-refractivity contribution in [2.24, 2.45) is 0 Å². The van der Waals surface area contributed by atoms with Crippen LogP contribution in [0.1, 0.15) is 55.7 Å². The summed E-state index contributed by atoms with van der Waals surface area (Å²) < 4.78 is 0.844. The van der Waals surface area contributed by atoms with Crippen LogP contribution in [0.2, 0.25) is 0 Å². The molecule has 0 bridgehead atoms. The minimum Gasteiger partial charge on any atom is -0.320 e. The smallest absolute Gasteiger partial charge is 0.282 e. The van der Waals surface area contributed by atoms with Gasteiger partial charge in [-0.2, -0.15) is 5.26 Å². The van der Waals surface area contributed by atoms with Crippen LogP contribution in [0.5, 0.6) is 0 Å². The van der Waals surface area contributed by atoms with E-state index in [-0.39, 0.29) is 11.9 Å². The molecule has 0 saturated carbocycles. The van der Waals surface area contributed by atoms with E-state index in [0.717, 1.165) is 40.8 Å². The van der Waals surface area contributed by atoms with Gasteiger partial charge in [0.1, 0.15) is 0 Å². The number of benzene rings is 1. The molecule has 1 fully saturated rings. The molecule has 1 amide bonds. The average Bonchev–Trinajstić information content (AvgIpc) is 2.76. The maximum atomic E-state index is 13.0. The van der Waals surface area contributed by atoms with E-state index in [4.69, 9.17) is 5.26 Å². The van der Waals surface area contributed by atoms with Crippen LogP contribution in [-0.2, 0) is 4.79 Å². The summed E-state index contributed by atoms with van der Waals surface area (Å²) in [5.41, 5.74) is 3.40. The Morgan fingerprint density at radius 3 is 2.21 bits per heavy atom. The second-order valence-corrected chi connectivity index (χ2v) is 7.35. The number of amides is 1. The van der Waals surface area contributed by atoms with Crippen LogP contribution in [0.15, 0.2) is 12.1 Å². The number of likely N-dealkylation sites (N-methyl/N-ethyl adjacent to an activating group) is 1. The molecule has 1 saturated heterocycles. The van der Waals surface area contributed by atoms with Gasteiger partial charge in [-0.25, -0.2) is 0 Å². The summed E-state index contributed by atoms with van der Waals surface area (Å²) >= 11 is 0. The lowest BCUT2D eigenvalue weighted by atomic mass is 10.0. The molecule has 1 aliphatic heterocycles. The summed E-state index contributed by atoms with van der Waals surface area (Å²) in [6.45, 7) is 8.17. The summed E-state index contributed by atoms with van der Waals surface area (Å²) in [5, 5.41) is 12.2. The van der Waals surface area contributed by atoms with E-state index >= 15 is 0 Å². The van der Waals surface area contributed by atoms with Gasteiger partial charge in [0.25, 0.3) is 5.91 Å². The highest BCUT2D eigenvalue weighted by Crippen LogP contribution is 2.26. The lowest BCUT2D eigenvalue weighted by Crippen LogP contribution is -2.57. The Bertz CT molecular complexity index is 614. The minimum atomic E-state index is -0.0162. The number of hydrogen-bond donors (Lipinski definition) is 1. The summed E-state index contributed by atoms with van der Waals surface area (Å²) in [5.74, 6) is 0.109. The largest absolute Gasteiger partial charge is 0.320 e. The molecule has 1 N–H and O–H groups in total. The number of likely N-dealkylation sites (tertiary alicyclic amines) is 1. The highest BCUT2D eigenvalue weighted by Gasteiger charge is 2.37. The molecule has 0 spiro atoms. The SMILES string of the molecule is CCC(C(=O)Nc1c(C)cc(C#N)cc1C)[N+]1(C)CCCCCC1. The van der Waals surface area contributed by atoms with Crippen molar-refractivity contribution in [3.05, 3.63) is 28.8 Å². The Kier molecular flexibility index (Phi) is 6.01. The van der Waals surface area contributed by atoms with E-state index < -0.39 is 0 Å². The molecule has 2 rings (SSSR count). The van der Waals surface area contributed by atoms with Crippen molar-refractivity contribution < 1.29 is 9.28 Å². The third-order valence-corrected chi connectivity index (χ3v) is 5.44. The number of aryl methyl sites for hydroxylation is 2. The molecule has 1 unspecified atom stereocenters. The number of nitriles is 1. The molecule has 1 aliphatic rings. The molecule has 1 aromatic carbocycles. The Balaban J connectivity index is 2.22. The van der Waals surface area contributed by atoms with E-state index in [9.17, 15) is 4.79 Å². The molecule has 1 heterocycles. The first-order chi connectivity index (χ1) is 11.4. The number of carbonyl (C=O) groups excluding carboxylic acids is 1. The van der Waals surface area contributed by atoms with Gasteiger partial charge in [-0.05, 0) is 62.8 Å². The van der Waals surface area contributed by atoms with Gasteiger partial charge in [0.15, 0.2) is 6.04 Å². The fourth-order valence-corrected chi connectivity index (χ4v) is 4.06. The molecule has 0 radical (unpaired) electrons. The second-order valence-electron chi connectivity index (χ2n) is 7.35. The van der Waals surface area contributed by atoms with Crippen LogP contribution in [0.4, 0.5) is 5.69 Å². The van der Waals surface area contributed by atoms with Gasteiger partial charge >= 0.3 is 0 Å². The van der Waals surface area contributed by atoms with Crippen LogP contribution < -0.4 is 5.32 Å². The van der Waals surface area contributed by atoms with Crippen molar-refractivity contribution in [1.29, 1.82) is 5.26 Å². The fraction of sp³-hybridized carbons (Fsp3) is 0.600. The molecular weight excluding hydrogens is 298 g/mol. The Labute approximate surface area is 146 Å². The van der Waals surface area contributed by atoms with E-state index in [0.29, 0.717) is 5.56 Å². The predicted octanol–water partition coefficient (Wildman–Crippen LogP) is 3.91. The zero-order chi connectivity index (χ0) is 17.7. The van der Waals surface area contributed by atoms with Gasteiger partial charge in [0, 0.05) is 12.1 Å². The van der Waals surface area contributed by atoms with Gasteiger partial charge < -0.3 is 9.80 Å². The number of nitrogens with one attached hydrogen (secondary N) is 1. The van der Waals surface area contributed by atoms with Crippen LogP contribution in [0, 0.1) is 25.2 Å². The fourth-order valence-electron chi connectivity index (χ4n) is 4.06. The molecule has 1 aromatic rings. The third kappa shape index (κ3) is 3.96. The number of rotatable bonds is 4. The van der Waals surface area contributed by atoms with E-state index in [1.54, 1.807) is 0 Å². The third-order valence-electron chi connectivity index (χ3n) is 5.44. The molecule has 4 nitrogen and oxygen atoms in total. The van der Waals surface area contributed by atoms with Crippen LogP contribution in [0.25, 0.3) is 0 Å².